The number of benzene rings is 1. The van der Waals surface area contributed by atoms with Crippen LogP contribution in [0.2, 0.25) is 0 Å². The van der Waals surface area contributed by atoms with E-state index in [9.17, 15) is 12.8 Å². The van der Waals surface area contributed by atoms with Crippen LogP contribution in [0.25, 0.3) is 11.0 Å². The van der Waals surface area contributed by atoms with Gasteiger partial charge in [-0.2, -0.15) is 0 Å². The van der Waals surface area contributed by atoms with Crippen LogP contribution in [0, 0.1) is 12.7 Å². The quantitative estimate of drug-likeness (QED) is 0.683. The number of fused-ring (bicyclic) bond motifs is 1. The molecular weight excluding hydrogens is 318 g/mol. The number of ether oxygens (including phenoxy) is 1. The summed E-state index contributed by atoms with van der Waals surface area (Å²) in [5.41, 5.74) is 1.02. The summed E-state index contributed by atoms with van der Waals surface area (Å²) in [5, 5.41) is 0.128. The van der Waals surface area contributed by atoms with Crippen LogP contribution < -0.4 is 10.2 Å². The van der Waals surface area contributed by atoms with Crippen molar-refractivity contribution >= 4 is 34.4 Å². The molecule has 8 heteroatoms. The minimum atomic E-state index is -3.90. The molecule has 0 aliphatic rings. The van der Waals surface area contributed by atoms with Gasteiger partial charge >= 0.3 is 0 Å². The molecule has 23 heavy (non-hydrogen) atoms. The minimum absolute atomic E-state index is 0.0151. The van der Waals surface area contributed by atoms with E-state index in [4.69, 9.17) is 12.6 Å². The van der Waals surface area contributed by atoms with Crippen molar-refractivity contribution < 1.29 is 17.5 Å². The smallest absolute Gasteiger partial charge is 0.269 e. The lowest BCUT2D eigenvalue weighted by Crippen LogP contribution is -2.13. The van der Waals surface area contributed by atoms with Crippen molar-refractivity contribution in [3.05, 3.63) is 48.0 Å². The Morgan fingerprint density at radius 3 is 2.52 bits per heavy atom. The SMILES string of the molecule is [B]c1cn(S(=O)(=O)c2ccc(C)cc2)c2ncc(F)c(OC)c12. The van der Waals surface area contributed by atoms with Gasteiger partial charge in [-0.05, 0) is 19.1 Å². The average molecular weight is 330 g/mol. The Bertz CT molecular complexity index is 998. The third-order valence-corrected chi connectivity index (χ3v) is 5.17. The van der Waals surface area contributed by atoms with Gasteiger partial charge in [-0.1, -0.05) is 23.2 Å². The molecule has 0 aliphatic carbocycles. The number of methoxy groups -OCH3 is 1. The molecule has 3 aromatic rings. The molecule has 1 aromatic carbocycles. The van der Waals surface area contributed by atoms with Crippen molar-refractivity contribution in [3.63, 3.8) is 0 Å². The standard InChI is InChI=1S/C15H12BFN2O3S/c1-9-3-5-10(6-4-9)23(20,21)19-8-11(16)13-14(22-2)12(17)7-18-15(13)19/h3-8H,1-2H3. The second-order valence-corrected chi connectivity index (χ2v) is 6.85. The maximum atomic E-state index is 13.8. The van der Waals surface area contributed by atoms with Crippen molar-refractivity contribution in [1.82, 2.24) is 8.96 Å². The number of aromatic nitrogens is 2. The monoisotopic (exact) mass is 330 g/mol. The molecule has 2 heterocycles. The Morgan fingerprint density at radius 2 is 1.91 bits per heavy atom. The summed E-state index contributed by atoms with van der Waals surface area (Å²) < 4.78 is 45.3. The Kier molecular flexibility index (Phi) is 3.64. The summed E-state index contributed by atoms with van der Waals surface area (Å²) in [5.74, 6) is -0.845. The normalized spacial score (nSPS) is 11.8. The third kappa shape index (κ3) is 2.39. The molecule has 0 N–H and O–H groups in total. The van der Waals surface area contributed by atoms with Crippen LogP contribution >= 0.6 is 0 Å². The van der Waals surface area contributed by atoms with Crippen molar-refractivity contribution in [2.75, 3.05) is 7.11 Å². The zero-order valence-corrected chi connectivity index (χ0v) is 13.3. The molecule has 0 saturated heterocycles. The van der Waals surface area contributed by atoms with E-state index in [-0.39, 0.29) is 27.1 Å². The minimum Gasteiger partial charge on any atom is -0.493 e. The van der Waals surface area contributed by atoms with E-state index < -0.39 is 15.8 Å². The summed E-state index contributed by atoms with van der Waals surface area (Å²) >= 11 is 0. The molecule has 0 atom stereocenters. The van der Waals surface area contributed by atoms with Crippen molar-refractivity contribution in [2.24, 2.45) is 0 Å². The van der Waals surface area contributed by atoms with E-state index in [1.165, 1.54) is 25.4 Å². The van der Waals surface area contributed by atoms with Crippen LogP contribution in [0.15, 0.2) is 41.6 Å². The topological polar surface area (TPSA) is 61.2 Å². The lowest BCUT2D eigenvalue weighted by Gasteiger charge is -2.08. The van der Waals surface area contributed by atoms with E-state index in [0.717, 1.165) is 15.7 Å². The highest BCUT2D eigenvalue weighted by molar-refractivity contribution is 7.90. The molecule has 2 radical (unpaired) electrons. The lowest BCUT2D eigenvalue weighted by molar-refractivity contribution is 0.391. The number of rotatable bonds is 3. The molecule has 0 amide bonds. The number of hydrogen-bond acceptors (Lipinski definition) is 4. The first-order valence-corrected chi connectivity index (χ1v) is 8.11. The van der Waals surface area contributed by atoms with Crippen molar-refractivity contribution in [1.29, 1.82) is 0 Å². The fraction of sp³-hybridized carbons (Fsp3) is 0.133. The largest absolute Gasteiger partial charge is 0.493 e. The van der Waals surface area contributed by atoms with Crippen LogP contribution in [0.4, 0.5) is 4.39 Å². The van der Waals surface area contributed by atoms with Crippen LogP contribution in [0.1, 0.15) is 5.56 Å². The van der Waals surface area contributed by atoms with Crippen molar-refractivity contribution in [3.8, 4) is 5.75 Å². The fourth-order valence-corrected chi connectivity index (χ4v) is 3.67. The van der Waals surface area contributed by atoms with E-state index in [1.54, 1.807) is 12.1 Å². The molecule has 0 unspecified atom stereocenters. The first-order valence-electron chi connectivity index (χ1n) is 6.67. The Labute approximate surface area is 134 Å². The van der Waals surface area contributed by atoms with Gasteiger partial charge in [0.2, 0.25) is 0 Å². The van der Waals surface area contributed by atoms with Crippen molar-refractivity contribution in [2.45, 2.75) is 11.8 Å². The molecule has 5 nitrogen and oxygen atoms in total. The number of halogens is 1. The molecule has 116 valence electrons. The van der Waals surface area contributed by atoms with Gasteiger partial charge in [0.15, 0.2) is 17.2 Å². The third-order valence-electron chi connectivity index (χ3n) is 3.50. The lowest BCUT2D eigenvalue weighted by atomic mass is 9.96. The van der Waals surface area contributed by atoms with E-state index in [0.29, 0.717) is 0 Å². The van der Waals surface area contributed by atoms with E-state index in [2.05, 4.69) is 4.98 Å². The number of nitrogens with zero attached hydrogens (tertiary/aromatic N) is 2. The molecule has 0 bridgehead atoms. The highest BCUT2D eigenvalue weighted by Gasteiger charge is 2.23. The van der Waals surface area contributed by atoms with Crippen LogP contribution in [0.3, 0.4) is 0 Å². The van der Waals surface area contributed by atoms with Crippen LogP contribution in [-0.2, 0) is 10.0 Å². The second kappa shape index (κ2) is 5.38. The van der Waals surface area contributed by atoms with Gasteiger partial charge in [-0.25, -0.2) is 21.8 Å². The fourth-order valence-electron chi connectivity index (χ4n) is 2.35. The summed E-state index contributed by atoms with van der Waals surface area (Å²) in [6.45, 7) is 1.86. The zero-order valence-electron chi connectivity index (χ0n) is 12.4. The second-order valence-electron chi connectivity index (χ2n) is 5.04. The van der Waals surface area contributed by atoms with Gasteiger partial charge in [0.05, 0.1) is 23.6 Å². The Hall–Kier alpha value is -2.35. The first kappa shape index (κ1) is 15.5. The van der Waals surface area contributed by atoms with Gasteiger partial charge in [-0.3, -0.25) is 0 Å². The summed E-state index contributed by atoms with van der Waals surface area (Å²) in [7, 11) is 3.23. The zero-order chi connectivity index (χ0) is 16.8. The van der Waals surface area contributed by atoms with Gasteiger partial charge in [0.25, 0.3) is 10.0 Å². The van der Waals surface area contributed by atoms with Gasteiger partial charge in [-0.15, -0.1) is 0 Å². The first-order chi connectivity index (χ1) is 10.9. The summed E-state index contributed by atoms with van der Waals surface area (Å²) in [4.78, 5) is 3.96. The number of aryl methyl sites for hydroxylation is 1. The Morgan fingerprint density at radius 1 is 1.26 bits per heavy atom. The number of pyridine rings is 1. The van der Waals surface area contributed by atoms with Gasteiger partial charge in [0, 0.05) is 6.20 Å². The predicted octanol–water partition coefficient (Wildman–Crippen LogP) is 1.52. The highest BCUT2D eigenvalue weighted by Crippen LogP contribution is 2.28. The average Bonchev–Trinajstić information content (AvgIpc) is 2.86. The summed E-state index contributed by atoms with van der Waals surface area (Å²) in [6.07, 6.45) is 2.11. The predicted molar refractivity (Wildman–Crippen MR) is 85.4 cm³/mol. The van der Waals surface area contributed by atoms with Crippen LogP contribution in [-0.4, -0.2) is 32.3 Å². The molecule has 3 rings (SSSR count). The maximum absolute atomic E-state index is 13.8. The number of hydrogen-bond donors (Lipinski definition) is 0. The van der Waals surface area contributed by atoms with E-state index >= 15 is 0 Å². The highest BCUT2D eigenvalue weighted by atomic mass is 32.2. The molecule has 0 spiro atoms. The molecule has 0 aliphatic heterocycles. The van der Waals surface area contributed by atoms with Crippen LogP contribution in [0.5, 0.6) is 5.75 Å². The Balaban J connectivity index is 2.31. The van der Waals surface area contributed by atoms with E-state index in [1.807, 2.05) is 6.92 Å². The molecule has 2 aromatic heterocycles. The maximum Gasteiger partial charge on any atom is 0.269 e. The van der Waals surface area contributed by atoms with Gasteiger partial charge < -0.3 is 4.74 Å². The molecule has 0 fully saturated rings. The summed E-state index contributed by atoms with van der Waals surface area (Å²) in [6, 6.07) is 6.37. The van der Waals surface area contributed by atoms with Gasteiger partial charge in [0.1, 0.15) is 7.85 Å². The molecular formula is C15H12BFN2O3S. The molecule has 0 saturated carbocycles.